The van der Waals surface area contributed by atoms with E-state index in [9.17, 15) is 9.90 Å². The molecule has 0 unspecified atom stereocenters. The van der Waals surface area contributed by atoms with Gasteiger partial charge in [0.15, 0.2) is 5.78 Å². The van der Waals surface area contributed by atoms with Gasteiger partial charge in [0, 0.05) is 59.4 Å². The monoisotopic (exact) mass is 938 g/mol. The second-order valence-electron chi connectivity index (χ2n) is 17.8. The third-order valence-corrected chi connectivity index (χ3v) is 11.3. The van der Waals surface area contributed by atoms with Gasteiger partial charge >= 0.3 is 0 Å². The second kappa shape index (κ2) is 15.3. The summed E-state index contributed by atoms with van der Waals surface area (Å²) in [4.78, 5) is 16.3. The molecule has 0 saturated carbocycles. The summed E-state index contributed by atoms with van der Waals surface area (Å²) < 4.78 is 2.49. The molecule has 0 bridgehead atoms. The van der Waals surface area contributed by atoms with Crippen molar-refractivity contribution in [3.8, 4) is 39.2 Å². The van der Waals surface area contributed by atoms with Crippen LogP contribution in [0.1, 0.15) is 66.5 Å². The van der Waals surface area contributed by atoms with Crippen molar-refractivity contribution in [2.75, 3.05) is 0 Å². The average Bonchev–Trinajstić information content (AvgIpc) is 3.53. The maximum Gasteiger partial charge on any atom is 0.164 e. The van der Waals surface area contributed by atoms with Crippen molar-refractivity contribution in [3.05, 3.63) is 169 Å². The number of aromatic nitrogens is 2. The maximum absolute atomic E-state index is 11.5. The normalized spacial score (nSPS) is 13.4. The third-order valence-electron chi connectivity index (χ3n) is 11.3. The number of hydrogen-bond acceptors (Lipinski definition) is 3. The van der Waals surface area contributed by atoms with Gasteiger partial charge in [-0.15, -0.1) is 35.4 Å². The van der Waals surface area contributed by atoms with E-state index >= 15 is 0 Å². The Morgan fingerprint density at radius 1 is 0.672 bits per heavy atom. The van der Waals surface area contributed by atoms with Gasteiger partial charge in [0.25, 0.3) is 0 Å². The van der Waals surface area contributed by atoms with Gasteiger partial charge in [-0.25, -0.2) is 0 Å². The number of rotatable bonds is 4. The van der Waals surface area contributed by atoms with Crippen LogP contribution in [0.25, 0.3) is 71.8 Å². The first-order chi connectivity index (χ1) is 27.1. The third kappa shape index (κ3) is 7.34. The number of hydrogen-bond donors (Lipinski definition) is 1. The van der Waals surface area contributed by atoms with E-state index in [-0.39, 0.29) is 42.5 Å². The fourth-order valence-electron chi connectivity index (χ4n) is 7.87. The molecule has 3 heterocycles. The smallest absolute Gasteiger partial charge is 0.164 e. The molecule has 0 spiro atoms. The summed E-state index contributed by atoms with van der Waals surface area (Å²) in [6.45, 7) is 15.8. The number of para-hydroxylation sites is 1. The van der Waals surface area contributed by atoms with E-state index in [0.717, 1.165) is 16.6 Å². The van der Waals surface area contributed by atoms with E-state index in [0.29, 0.717) is 0 Å². The zero-order chi connectivity index (χ0) is 40.3. The minimum absolute atomic E-state index is 0. The number of pyridine rings is 1. The molecule has 6 aromatic carbocycles. The predicted octanol–water partition coefficient (Wildman–Crippen LogP) is 13.9. The average molecular weight is 938 g/mol. The summed E-state index contributed by atoms with van der Waals surface area (Å²) in [5, 5.41) is 14.4. The molecule has 5 heteroatoms. The number of ketones is 1. The van der Waals surface area contributed by atoms with Gasteiger partial charge in [0.1, 0.15) is 5.76 Å². The molecule has 1 aliphatic rings. The molecule has 0 atom stereocenters. The van der Waals surface area contributed by atoms with Gasteiger partial charge in [-0.3, -0.25) is 4.79 Å². The Balaban J connectivity index is 0.000000318. The van der Waals surface area contributed by atoms with Crippen LogP contribution in [0.15, 0.2) is 151 Å². The Morgan fingerprint density at radius 3 is 2.09 bits per heavy atom. The molecule has 58 heavy (non-hydrogen) atoms. The van der Waals surface area contributed by atoms with Crippen LogP contribution in [0.3, 0.4) is 0 Å². The molecule has 0 aliphatic carbocycles. The molecule has 9 rings (SSSR count). The molecule has 0 amide bonds. The van der Waals surface area contributed by atoms with Crippen molar-refractivity contribution in [2.24, 2.45) is 10.8 Å². The van der Waals surface area contributed by atoms with E-state index in [2.05, 4.69) is 152 Å². The maximum atomic E-state index is 11.5. The summed E-state index contributed by atoms with van der Waals surface area (Å²) >= 11 is 0. The van der Waals surface area contributed by atoms with Crippen molar-refractivity contribution in [3.63, 3.8) is 0 Å². The number of nitrogens with zero attached hydrogens (tertiary/aromatic N) is 2. The molecule has 293 valence electrons. The van der Waals surface area contributed by atoms with E-state index in [1.165, 1.54) is 72.3 Å². The zero-order valence-electron chi connectivity index (χ0n) is 34.4. The summed E-state index contributed by atoms with van der Waals surface area (Å²) in [7, 11) is 0. The Labute approximate surface area is 355 Å². The van der Waals surface area contributed by atoms with Gasteiger partial charge in [-0.1, -0.05) is 134 Å². The van der Waals surface area contributed by atoms with Crippen LogP contribution >= 0.6 is 0 Å². The number of aliphatic hydroxyl groups is 1. The number of fused-ring (bicyclic) bond motifs is 6. The van der Waals surface area contributed by atoms with Crippen LogP contribution < -0.4 is 0 Å². The molecule has 4 nitrogen and oxygen atoms in total. The van der Waals surface area contributed by atoms with Crippen LogP contribution in [0.2, 0.25) is 0 Å². The van der Waals surface area contributed by atoms with E-state index in [4.69, 9.17) is 4.98 Å². The summed E-state index contributed by atoms with van der Waals surface area (Å²) in [5.41, 5.74) is 12.4. The number of carbonyl (C=O) groups is 1. The molecular weight excluding hydrogens is 889 g/mol. The first-order valence-electron chi connectivity index (χ1n) is 19.7. The number of aliphatic hydroxyl groups excluding tert-OH is 1. The van der Waals surface area contributed by atoms with Crippen LogP contribution in [-0.4, -0.2) is 20.4 Å². The van der Waals surface area contributed by atoms with Gasteiger partial charge in [-0.05, 0) is 80.7 Å². The molecule has 0 saturated heterocycles. The van der Waals surface area contributed by atoms with Crippen LogP contribution in [0, 0.1) is 16.9 Å². The van der Waals surface area contributed by atoms with Gasteiger partial charge in [0.05, 0.1) is 16.7 Å². The standard InChI is InChI=1S/C42H29N2.C11H20O2.Ir/c1-42(2)36-17-8-9-18-39(36)44-38-20-19-30(27-11-4-3-5-12-27)24-34(38)35-25-32(26-37(42)41(35)44)29-14-10-15-31(23-29)40-33-16-7-6-13-28(33)21-22-43-40;1-10(2,3)8(12)7-9(13)11(4,5)6;/h3-14,16-26H,1-2H3;7,12H,1-6H3;/q-1;;. The van der Waals surface area contributed by atoms with Gasteiger partial charge in [-0.2, -0.15) is 0 Å². The van der Waals surface area contributed by atoms with Crippen molar-refractivity contribution >= 4 is 38.4 Å². The molecular formula is C53H49IrN2O2-. The largest absolute Gasteiger partial charge is 0.512 e. The molecule has 0 fully saturated rings. The summed E-state index contributed by atoms with van der Waals surface area (Å²) in [6, 6.07) is 51.8. The van der Waals surface area contributed by atoms with Crippen LogP contribution in [0.4, 0.5) is 0 Å². The summed E-state index contributed by atoms with van der Waals surface area (Å²) in [5.74, 6) is 0.104. The van der Waals surface area contributed by atoms with Crippen molar-refractivity contribution in [1.29, 1.82) is 0 Å². The van der Waals surface area contributed by atoms with E-state index in [1.54, 1.807) is 0 Å². The predicted molar refractivity (Wildman–Crippen MR) is 238 cm³/mol. The Morgan fingerprint density at radius 2 is 1.34 bits per heavy atom. The summed E-state index contributed by atoms with van der Waals surface area (Å²) in [6.07, 6.45) is 3.23. The SMILES string of the molecule is CC(C)(C)C(=O)C=C(O)C(C)(C)C.CC1(C)c2ccccc2-n2c3ccc(-c4ccccc4)cc3c3cc(-c4cc[c-]c(-c5nccc6ccccc56)c4)cc1c32.[Ir]. The molecule has 2 aromatic heterocycles. The number of carbonyl (C=O) groups excluding carboxylic acids is 1. The van der Waals surface area contributed by atoms with E-state index in [1.807, 2.05) is 53.8 Å². The zero-order valence-corrected chi connectivity index (χ0v) is 36.8. The topological polar surface area (TPSA) is 55.1 Å². The van der Waals surface area contributed by atoms with Gasteiger partial charge < -0.3 is 14.7 Å². The molecule has 1 aliphatic heterocycles. The first kappa shape index (κ1) is 40.6. The van der Waals surface area contributed by atoms with E-state index < -0.39 is 5.41 Å². The minimum Gasteiger partial charge on any atom is -0.512 e. The first-order valence-corrected chi connectivity index (χ1v) is 19.7. The van der Waals surface area contributed by atoms with Crippen molar-refractivity contribution in [1.82, 2.24) is 9.55 Å². The molecule has 8 aromatic rings. The fourth-order valence-corrected chi connectivity index (χ4v) is 7.87. The van der Waals surface area contributed by atoms with Crippen LogP contribution in [0.5, 0.6) is 0 Å². The van der Waals surface area contributed by atoms with Crippen molar-refractivity contribution in [2.45, 2.75) is 60.8 Å². The Bertz CT molecular complexity index is 2860. The quantitative estimate of drug-likeness (QED) is 0.109. The van der Waals surface area contributed by atoms with Gasteiger partial charge in [0.2, 0.25) is 0 Å². The van der Waals surface area contributed by atoms with Crippen molar-refractivity contribution < 1.29 is 30.0 Å². The second-order valence-corrected chi connectivity index (χ2v) is 17.8. The molecule has 1 N–H and O–H groups in total. The minimum atomic E-state index is -0.417. The number of benzene rings is 6. The van der Waals surface area contributed by atoms with Crippen LogP contribution in [-0.2, 0) is 30.3 Å². The Hall–Kier alpha value is -5.61. The fraction of sp³-hybridized carbons (Fsp3) is 0.208. The Kier molecular flexibility index (Phi) is 10.7. The molecule has 1 radical (unpaired) electrons. The number of allylic oxidation sites excluding steroid dienone is 2.